The molecule has 0 saturated heterocycles. The maximum absolute atomic E-state index is 11.9. The fourth-order valence-electron chi connectivity index (χ4n) is 2.53. The fraction of sp³-hybridized carbons (Fsp3) is 0.188. The lowest BCUT2D eigenvalue weighted by Gasteiger charge is -2.28. The number of amides is 1. The summed E-state index contributed by atoms with van der Waals surface area (Å²) >= 11 is 0. The van der Waals surface area contributed by atoms with Gasteiger partial charge in [-0.25, -0.2) is 0 Å². The lowest BCUT2D eigenvalue weighted by molar-refractivity contribution is -0.121. The summed E-state index contributed by atoms with van der Waals surface area (Å²) in [7, 11) is 0. The zero-order valence-electron chi connectivity index (χ0n) is 12.4. The Morgan fingerprint density at radius 3 is 3.00 bits per heavy atom. The third-order valence-electron chi connectivity index (χ3n) is 3.63. The van der Waals surface area contributed by atoms with Crippen molar-refractivity contribution in [2.45, 2.75) is 6.92 Å². The van der Waals surface area contributed by atoms with E-state index in [1.807, 2.05) is 25.1 Å². The van der Waals surface area contributed by atoms with E-state index < -0.39 is 0 Å². The number of aromatic nitrogens is 2. The molecule has 1 amide bonds. The summed E-state index contributed by atoms with van der Waals surface area (Å²) in [6, 6.07) is 8.96. The van der Waals surface area contributed by atoms with Crippen molar-refractivity contribution in [1.29, 1.82) is 0 Å². The SMILES string of the molecule is CCN1C(=O)COc2ccc(-c3noc(-c4ccco4)n3)cc21. The molecule has 2 aromatic heterocycles. The van der Waals surface area contributed by atoms with Gasteiger partial charge in [0, 0.05) is 12.1 Å². The summed E-state index contributed by atoms with van der Waals surface area (Å²) < 4.78 is 15.9. The number of carbonyl (C=O) groups excluding carboxylic acids is 1. The van der Waals surface area contributed by atoms with Gasteiger partial charge in [0.2, 0.25) is 5.82 Å². The molecule has 0 saturated carbocycles. The Bertz CT molecular complexity index is 854. The van der Waals surface area contributed by atoms with E-state index in [4.69, 9.17) is 13.7 Å². The van der Waals surface area contributed by atoms with E-state index >= 15 is 0 Å². The maximum atomic E-state index is 11.9. The molecule has 0 radical (unpaired) electrons. The number of benzene rings is 1. The summed E-state index contributed by atoms with van der Waals surface area (Å²) in [5, 5.41) is 3.97. The predicted octanol–water partition coefficient (Wildman–Crippen LogP) is 2.74. The van der Waals surface area contributed by atoms with Crippen LogP contribution in [0.4, 0.5) is 5.69 Å². The molecule has 7 heteroatoms. The van der Waals surface area contributed by atoms with Crippen LogP contribution in [0.2, 0.25) is 0 Å². The second-order valence-electron chi connectivity index (χ2n) is 5.01. The van der Waals surface area contributed by atoms with Gasteiger partial charge in [-0.2, -0.15) is 4.98 Å². The Labute approximate surface area is 131 Å². The molecule has 3 aromatic rings. The molecule has 0 N–H and O–H groups in total. The Hall–Kier alpha value is -3.09. The maximum Gasteiger partial charge on any atom is 0.293 e. The predicted molar refractivity (Wildman–Crippen MR) is 81.0 cm³/mol. The van der Waals surface area contributed by atoms with Gasteiger partial charge in [0.25, 0.3) is 11.8 Å². The van der Waals surface area contributed by atoms with Crippen LogP contribution in [0.5, 0.6) is 5.75 Å². The minimum Gasteiger partial charge on any atom is -0.482 e. The van der Waals surface area contributed by atoms with Crippen molar-refractivity contribution in [3.05, 3.63) is 36.6 Å². The molecule has 0 spiro atoms. The van der Waals surface area contributed by atoms with Gasteiger partial charge in [0.15, 0.2) is 12.4 Å². The van der Waals surface area contributed by atoms with E-state index in [9.17, 15) is 4.79 Å². The second kappa shape index (κ2) is 5.28. The molecule has 4 rings (SSSR count). The molecule has 0 unspecified atom stereocenters. The van der Waals surface area contributed by atoms with Crippen LogP contribution >= 0.6 is 0 Å². The Morgan fingerprint density at radius 2 is 2.22 bits per heavy atom. The van der Waals surface area contributed by atoms with Crippen LogP contribution in [0.1, 0.15) is 6.92 Å². The molecule has 0 bridgehead atoms. The van der Waals surface area contributed by atoms with Crippen LogP contribution in [-0.2, 0) is 4.79 Å². The molecular weight excluding hydrogens is 298 g/mol. The summed E-state index contributed by atoms with van der Waals surface area (Å²) in [4.78, 5) is 17.9. The number of ether oxygens (including phenoxy) is 1. The molecule has 0 aliphatic carbocycles. The lowest BCUT2D eigenvalue weighted by Crippen LogP contribution is -2.38. The van der Waals surface area contributed by atoms with Crippen LogP contribution < -0.4 is 9.64 Å². The van der Waals surface area contributed by atoms with Gasteiger partial charge in [-0.1, -0.05) is 5.16 Å². The number of hydrogen-bond donors (Lipinski definition) is 0. The number of furan rings is 1. The molecule has 3 heterocycles. The number of hydrogen-bond acceptors (Lipinski definition) is 6. The zero-order chi connectivity index (χ0) is 15.8. The van der Waals surface area contributed by atoms with E-state index in [1.54, 1.807) is 23.3 Å². The quantitative estimate of drug-likeness (QED) is 0.739. The van der Waals surface area contributed by atoms with Crippen molar-refractivity contribution in [2.24, 2.45) is 0 Å². The number of anilines is 1. The first kappa shape index (κ1) is 13.6. The molecule has 7 nitrogen and oxygen atoms in total. The van der Waals surface area contributed by atoms with Crippen molar-refractivity contribution >= 4 is 11.6 Å². The number of fused-ring (bicyclic) bond motifs is 1. The van der Waals surface area contributed by atoms with Gasteiger partial charge in [-0.15, -0.1) is 0 Å². The number of carbonyl (C=O) groups is 1. The molecule has 1 aromatic carbocycles. The van der Waals surface area contributed by atoms with E-state index in [2.05, 4.69) is 10.1 Å². The second-order valence-corrected chi connectivity index (χ2v) is 5.01. The zero-order valence-corrected chi connectivity index (χ0v) is 12.4. The van der Waals surface area contributed by atoms with E-state index in [0.29, 0.717) is 35.5 Å². The molecular formula is C16H13N3O4. The highest BCUT2D eigenvalue weighted by Gasteiger charge is 2.25. The third-order valence-corrected chi connectivity index (χ3v) is 3.63. The Kier molecular flexibility index (Phi) is 3.11. The first-order valence-electron chi connectivity index (χ1n) is 7.21. The molecule has 0 atom stereocenters. The smallest absolute Gasteiger partial charge is 0.293 e. The van der Waals surface area contributed by atoms with Crippen molar-refractivity contribution in [3.63, 3.8) is 0 Å². The fourth-order valence-corrected chi connectivity index (χ4v) is 2.53. The summed E-state index contributed by atoms with van der Waals surface area (Å²) in [6.45, 7) is 2.55. The molecule has 23 heavy (non-hydrogen) atoms. The normalized spacial score (nSPS) is 13.8. The highest BCUT2D eigenvalue weighted by molar-refractivity contribution is 5.98. The van der Waals surface area contributed by atoms with Gasteiger partial charge >= 0.3 is 0 Å². The van der Waals surface area contributed by atoms with Crippen LogP contribution in [0, 0.1) is 0 Å². The van der Waals surface area contributed by atoms with Crippen LogP contribution in [0.15, 0.2) is 45.5 Å². The Balaban J connectivity index is 1.73. The largest absolute Gasteiger partial charge is 0.482 e. The van der Waals surface area contributed by atoms with Crippen molar-refractivity contribution in [1.82, 2.24) is 10.1 Å². The molecule has 116 valence electrons. The highest BCUT2D eigenvalue weighted by atomic mass is 16.5. The Morgan fingerprint density at radius 1 is 1.30 bits per heavy atom. The van der Waals surface area contributed by atoms with Crippen molar-refractivity contribution < 1.29 is 18.5 Å². The average molecular weight is 311 g/mol. The third kappa shape index (κ3) is 2.26. The number of nitrogens with zero attached hydrogens (tertiary/aromatic N) is 3. The summed E-state index contributed by atoms with van der Waals surface area (Å²) in [6.07, 6.45) is 1.54. The minimum absolute atomic E-state index is 0.0606. The summed E-state index contributed by atoms with van der Waals surface area (Å²) in [5.74, 6) is 1.84. The van der Waals surface area contributed by atoms with Gasteiger partial charge < -0.3 is 18.6 Å². The van der Waals surface area contributed by atoms with Crippen molar-refractivity contribution in [3.8, 4) is 28.8 Å². The van der Waals surface area contributed by atoms with Crippen LogP contribution in [-0.4, -0.2) is 29.2 Å². The van der Waals surface area contributed by atoms with E-state index in [1.165, 1.54) is 0 Å². The molecule has 1 aliphatic heterocycles. The highest BCUT2D eigenvalue weighted by Crippen LogP contribution is 2.35. The van der Waals surface area contributed by atoms with Crippen LogP contribution in [0.3, 0.4) is 0 Å². The minimum atomic E-state index is -0.0680. The topological polar surface area (TPSA) is 81.6 Å². The van der Waals surface area contributed by atoms with E-state index in [-0.39, 0.29) is 12.5 Å². The first-order valence-corrected chi connectivity index (χ1v) is 7.21. The first-order chi connectivity index (χ1) is 11.3. The van der Waals surface area contributed by atoms with Gasteiger partial charge in [0.1, 0.15) is 5.75 Å². The lowest BCUT2D eigenvalue weighted by atomic mass is 10.1. The number of likely N-dealkylation sites (N-methyl/N-ethyl adjacent to an activating group) is 1. The van der Waals surface area contributed by atoms with Gasteiger partial charge in [-0.05, 0) is 37.3 Å². The van der Waals surface area contributed by atoms with Gasteiger partial charge in [0.05, 0.1) is 12.0 Å². The average Bonchev–Trinajstić information content (AvgIpc) is 3.25. The van der Waals surface area contributed by atoms with E-state index in [0.717, 1.165) is 5.56 Å². The molecule has 1 aliphatic rings. The monoisotopic (exact) mass is 311 g/mol. The summed E-state index contributed by atoms with van der Waals surface area (Å²) in [5.41, 5.74) is 1.45. The molecule has 0 fully saturated rings. The van der Waals surface area contributed by atoms with Crippen LogP contribution in [0.25, 0.3) is 23.0 Å². The van der Waals surface area contributed by atoms with Crippen molar-refractivity contribution in [2.75, 3.05) is 18.1 Å². The number of rotatable bonds is 3. The standard InChI is InChI=1S/C16H13N3O4/c1-2-19-11-8-10(5-6-12(11)22-9-14(19)20)15-17-16(23-18-15)13-4-3-7-21-13/h3-8H,2,9H2,1H3. The van der Waals surface area contributed by atoms with Gasteiger partial charge in [-0.3, -0.25) is 4.79 Å².